The standard InChI is InChI=1S/C15H22ClNO/c1-11(12-8-6-5-7-9-12)10-13(16)14(18)17-15(2,3)4/h5-9,11,13H,10H2,1-4H3,(H,17,18). The van der Waals surface area contributed by atoms with E-state index in [9.17, 15) is 4.79 Å². The number of rotatable bonds is 4. The van der Waals surface area contributed by atoms with Crippen LogP contribution in [0.1, 0.15) is 45.6 Å². The molecule has 0 saturated carbocycles. The molecule has 1 amide bonds. The van der Waals surface area contributed by atoms with Crippen molar-refractivity contribution in [2.75, 3.05) is 0 Å². The summed E-state index contributed by atoms with van der Waals surface area (Å²) in [5.41, 5.74) is 0.979. The van der Waals surface area contributed by atoms with E-state index >= 15 is 0 Å². The van der Waals surface area contributed by atoms with Gasteiger partial charge in [0.15, 0.2) is 0 Å². The van der Waals surface area contributed by atoms with Gasteiger partial charge in [-0.3, -0.25) is 4.79 Å². The van der Waals surface area contributed by atoms with Gasteiger partial charge in [-0.15, -0.1) is 11.6 Å². The number of nitrogens with one attached hydrogen (secondary N) is 1. The molecule has 0 saturated heterocycles. The lowest BCUT2D eigenvalue weighted by atomic mass is 9.95. The third kappa shape index (κ3) is 5.09. The van der Waals surface area contributed by atoms with Gasteiger partial charge in [-0.25, -0.2) is 0 Å². The van der Waals surface area contributed by atoms with E-state index in [1.807, 2.05) is 39.0 Å². The molecule has 0 aliphatic carbocycles. The van der Waals surface area contributed by atoms with Gasteiger partial charge < -0.3 is 5.32 Å². The number of benzene rings is 1. The predicted octanol–water partition coefficient (Wildman–Crippen LogP) is 3.70. The lowest BCUT2D eigenvalue weighted by Gasteiger charge is -2.23. The summed E-state index contributed by atoms with van der Waals surface area (Å²) in [7, 11) is 0. The molecule has 1 rings (SSSR count). The minimum absolute atomic E-state index is 0.0908. The van der Waals surface area contributed by atoms with Crippen LogP contribution >= 0.6 is 11.6 Å². The van der Waals surface area contributed by atoms with Crippen LogP contribution in [0.2, 0.25) is 0 Å². The maximum absolute atomic E-state index is 11.9. The Morgan fingerprint density at radius 1 is 1.28 bits per heavy atom. The molecule has 1 N–H and O–H groups in total. The van der Waals surface area contributed by atoms with Gasteiger partial charge in [0.2, 0.25) is 5.91 Å². The van der Waals surface area contributed by atoms with Crippen molar-refractivity contribution >= 4 is 17.5 Å². The fourth-order valence-electron chi connectivity index (χ4n) is 1.78. The number of carbonyl (C=O) groups excluding carboxylic acids is 1. The summed E-state index contributed by atoms with van der Waals surface area (Å²) in [6.45, 7) is 7.95. The van der Waals surface area contributed by atoms with Gasteiger partial charge in [0.25, 0.3) is 0 Å². The number of halogens is 1. The summed E-state index contributed by atoms with van der Waals surface area (Å²) < 4.78 is 0. The first-order valence-electron chi connectivity index (χ1n) is 6.30. The molecule has 1 aromatic carbocycles. The summed E-state index contributed by atoms with van der Waals surface area (Å²) in [5.74, 6) is 0.186. The molecule has 0 bridgehead atoms. The summed E-state index contributed by atoms with van der Waals surface area (Å²) in [6, 6.07) is 10.1. The maximum Gasteiger partial charge on any atom is 0.238 e. The molecule has 2 atom stereocenters. The summed E-state index contributed by atoms with van der Waals surface area (Å²) in [4.78, 5) is 11.9. The number of alkyl halides is 1. The Bertz CT molecular complexity index is 383. The molecule has 0 fully saturated rings. The van der Waals surface area contributed by atoms with Crippen molar-refractivity contribution in [3.63, 3.8) is 0 Å². The molecule has 0 aromatic heterocycles. The molecule has 1 aromatic rings. The number of hydrogen-bond acceptors (Lipinski definition) is 1. The van der Waals surface area contributed by atoms with Gasteiger partial charge in [0.05, 0.1) is 0 Å². The topological polar surface area (TPSA) is 29.1 Å². The number of hydrogen-bond donors (Lipinski definition) is 1. The Morgan fingerprint density at radius 2 is 1.83 bits per heavy atom. The van der Waals surface area contributed by atoms with E-state index < -0.39 is 5.38 Å². The second-order valence-corrected chi connectivity index (χ2v) is 6.28. The SMILES string of the molecule is CC(CC(Cl)C(=O)NC(C)(C)C)c1ccccc1. The molecule has 0 aliphatic heterocycles. The zero-order valence-electron chi connectivity index (χ0n) is 11.5. The molecule has 0 heterocycles. The first-order chi connectivity index (χ1) is 8.29. The van der Waals surface area contributed by atoms with Gasteiger partial charge in [-0.05, 0) is 38.7 Å². The quantitative estimate of drug-likeness (QED) is 0.828. The third-order valence-corrected chi connectivity index (χ3v) is 3.09. The van der Waals surface area contributed by atoms with Crippen molar-refractivity contribution in [1.29, 1.82) is 0 Å². The molecule has 0 spiro atoms. The van der Waals surface area contributed by atoms with Gasteiger partial charge in [-0.1, -0.05) is 37.3 Å². The Hall–Kier alpha value is -1.02. The predicted molar refractivity (Wildman–Crippen MR) is 77.0 cm³/mol. The van der Waals surface area contributed by atoms with Crippen LogP contribution in [0.15, 0.2) is 30.3 Å². The number of carbonyl (C=O) groups is 1. The summed E-state index contributed by atoms with van der Waals surface area (Å²) >= 11 is 6.17. The first-order valence-corrected chi connectivity index (χ1v) is 6.74. The average molecular weight is 268 g/mol. The molecule has 2 nitrogen and oxygen atoms in total. The highest BCUT2D eigenvalue weighted by atomic mass is 35.5. The molecule has 0 radical (unpaired) electrons. The summed E-state index contributed by atoms with van der Waals surface area (Å²) in [5, 5.41) is 2.42. The van der Waals surface area contributed by atoms with Crippen molar-refractivity contribution in [1.82, 2.24) is 5.32 Å². The molecule has 2 unspecified atom stereocenters. The smallest absolute Gasteiger partial charge is 0.238 e. The first kappa shape index (κ1) is 15.0. The van der Waals surface area contributed by atoms with Crippen LogP contribution in [-0.4, -0.2) is 16.8 Å². The minimum Gasteiger partial charge on any atom is -0.350 e. The van der Waals surface area contributed by atoms with Crippen LogP contribution < -0.4 is 5.32 Å². The van der Waals surface area contributed by atoms with Crippen LogP contribution in [0.4, 0.5) is 0 Å². The minimum atomic E-state index is -0.487. The highest BCUT2D eigenvalue weighted by Crippen LogP contribution is 2.23. The highest BCUT2D eigenvalue weighted by molar-refractivity contribution is 6.30. The molecule has 100 valence electrons. The maximum atomic E-state index is 11.9. The van der Waals surface area contributed by atoms with Crippen LogP contribution in [0.5, 0.6) is 0 Å². The zero-order valence-corrected chi connectivity index (χ0v) is 12.3. The number of amides is 1. The van der Waals surface area contributed by atoms with Crippen molar-refractivity contribution in [3.05, 3.63) is 35.9 Å². The van der Waals surface area contributed by atoms with Gasteiger partial charge >= 0.3 is 0 Å². The van der Waals surface area contributed by atoms with Crippen molar-refractivity contribution in [3.8, 4) is 0 Å². The van der Waals surface area contributed by atoms with E-state index in [0.29, 0.717) is 6.42 Å². The van der Waals surface area contributed by atoms with E-state index in [4.69, 9.17) is 11.6 Å². The lowest BCUT2D eigenvalue weighted by Crippen LogP contribution is -2.44. The third-order valence-electron chi connectivity index (χ3n) is 2.71. The van der Waals surface area contributed by atoms with Crippen molar-refractivity contribution in [2.24, 2.45) is 0 Å². The van der Waals surface area contributed by atoms with Crippen LogP contribution in [0, 0.1) is 0 Å². The molecular weight excluding hydrogens is 246 g/mol. The second-order valence-electron chi connectivity index (χ2n) is 5.75. The lowest BCUT2D eigenvalue weighted by molar-refractivity contribution is -0.122. The van der Waals surface area contributed by atoms with Crippen LogP contribution in [-0.2, 0) is 4.79 Å². The molecule has 0 aliphatic rings. The molecular formula is C15H22ClNO. The van der Waals surface area contributed by atoms with Crippen LogP contribution in [0.3, 0.4) is 0 Å². The Labute approximate surface area is 115 Å². The van der Waals surface area contributed by atoms with Gasteiger partial charge in [0.1, 0.15) is 5.38 Å². The zero-order chi connectivity index (χ0) is 13.8. The molecule has 18 heavy (non-hydrogen) atoms. The van der Waals surface area contributed by atoms with E-state index in [2.05, 4.69) is 24.4 Å². The molecule has 3 heteroatoms. The van der Waals surface area contributed by atoms with Crippen molar-refractivity contribution < 1.29 is 4.79 Å². The Balaban J connectivity index is 2.55. The monoisotopic (exact) mass is 267 g/mol. The average Bonchev–Trinajstić information content (AvgIpc) is 2.27. The fourth-order valence-corrected chi connectivity index (χ4v) is 2.10. The van der Waals surface area contributed by atoms with Crippen LogP contribution in [0.25, 0.3) is 0 Å². The van der Waals surface area contributed by atoms with E-state index in [1.165, 1.54) is 5.56 Å². The van der Waals surface area contributed by atoms with Gasteiger partial charge in [0, 0.05) is 5.54 Å². The largest absolute Gasteiger partial charge is 0.350 e. The highest BCUT2D eigenvalue weighted by Gasteiger charge is 2.23. The van der Waals surface area contributed by atoms with E-state index in [0.717, 1.165) is 0 Å². The van der Waals surface area contributed by atoms with Gasteiger partial charge in [-0.2, -0.15) is 0 Å². The van der Waals surface area contributed by atoms with E-state index in [1.54, 1.807) is 0 Å². The van der Waals surface area contributed by atoms with E-state index in [-0.39, 0.29) is 17.4 Å². The van der Waals surface area contributed by atoms with Crippen molar-refractivity contribution in [2.45, 2.75) is 50.9 Å². The fraction of sp³-hybridized carbons (Fsp3) is 0.533. The Morgan fingerprint density at radius 3 is 2.33 bits per heavy atom. The summed E-state index contributed by atoms with van der Waals surface area (Å²) in [6.07, 6.45) is 0.646. The Kier molecular flexibility index (Phi) is 5.21. The second kappa shape index (κ2) is 6.24. The normalized spacial score (nSPS) is 14.9.